The van der Waals surface area contributed by atoms with E-state index in [-0.39, 0.29) is 0 Å². The molecule has 0 radical (unpaired) electrons. The Kier molecular flexibility index (Phi) is 4.51. The molecule has 1 aliphatic rings. The summed E-state index contributed by atoms with van der Waals surface area (Å²) in [7, 11) is 0. The summed E-state index contributed by atoms with van der Waals surface area (Å²) in [5.74, 6) is 0. The fraction of sp³-hybridized carbons (Fsp3) is 0.533. The quantitative estimate of drug-likeness (QED) is 0.821. The second-order valence-corrected chi connectivity index (χ2v) is 7.39. The van der Waals surface area contributed by atoms with Gasteiger partial charge >= 0.3 is 0 Å². The molecule has 1 saturated heterocycles. The van der Waals surface area contributed by atoms with E-state index in [1.165, 1.54) is 24.9 Å². The molecule has 1 aromatic carbocycles. The van der Waals surface area contributed by atoms with E-state index in [9.17, 15) is 0 Å². The van der Waals surface area contributed by atoms with Crippen LogP contribution in [-0.4, -0.2) is 18.1 Å². The number of anilines is 1. The van der Waals surface area contributed by atoms with Crippen LogP contribution in [0.2, 0.25) is 0 Å². The number of thiocarbonyl (C=S) groups is 1. The molecule has 1 aromatic rings. The molecule has 0 aliphatic carbocycles. The van der Waals surface area contributed by atoms with Gasteiger partial charge in [-0.15, -0.1) is 0 Å². The average molecular weight is 341 g/mol. The minimum absolute atomic E-state index is 0.438. The molecule has 1 heterocycles. The lowest BCUT2D eigenvalue weighted by Gasteiger charge is -2.26. The van der Waals surface area contributed by atoms with Gasteiger partial charge in [-0.25, -0.2) is 0 Å². The van der Waals surface area contributed by atoms with Crippen LogP contribution in [0.25, 0.3) is 0 Å². The van der Waals surface area contributed by atoms with Crippen LogP contribution >= 0.6 is 28.1 Å². The average Bonchev–Trinajstić information content (AvgIpc) is 2.50. The topological polar surface area (TPSA) is 29.3 Å². The number of hydrogen-bond acceptors (Lipinski definition) is 2. The molecule has 0 amide bonds. The van der Waals surface area contributed by atoms with Gasteiger partial charge in [0.2, 0.25) is 0 Å². The van der Waals surface area contributed by atoms with Crippen LogP contribution in [0.3, 0.4) is 0 Å². The van der Waals surface area contributed by atoms with E-state index in [1.807, 2.05) is 6.07 Å². The summed E-state index contributed by atoms with van der Waals surface area (Å²) >= 11 is 8.68. The molecule has 1 fully saturated rings. The zero-order valence-electron chi connectivity index (χ0n) is 11.6. The highest BCUT2D eigenvalue weighted by atomic mass is 79.9. The maximum absolute atomic E-state index is 5.87. The van der Waals surface area contributed by atoms with Crippen molar-refractivity contribution in [1.29, 1.82) is 0 Å². The summed E-state index contributed by atoms with van der Waals surface area (Å²) in [6, 6.07) is 6.21. The molecule has 4 heteroatoms. The summed E-state index contributed by atoms with van der Waals surface area (Å²) in [5.41, 5.74) is 8.45. The van der Waals surface area contributed by atoms with Gasteiger partial charge in [0.1, 0.15) is 4.99 Å². The summed E-state index contributed by atoms with van der Waals surface area (Å²) < 4.78 is 1.02. The van der Waals surface area contributed by atoms with Crippen molar-refractivity contribution in [1.82, 2.24) is 0 Å². The Balaban J connectivity index is 2.29. The second-order valence-electron chi connectivity index (χ2n) is 6.03. The van der Waals surface area contributed by atoms with E-state index in [2.05, 4.69) is 46.8 Å². The Labute approximate surface area is 129 Å². The SMILES string of the molecule is CC1(C)CCCN(c2ccc(Br)cc2C(N)=S)CC1. The monoisotopic (exact) mass is 340 g/mol. The summed E-state index contributed by atoms with van der Waals surface area (Å²) in [5, 5.41) is 0. The minimum Gasteiger partial charge on any atom is -0.389 e. The first-order chi connectivity index (χ1) is 8.89. The molecule has 2 N–H and O–H groups in total. The van der Waals surface area contributed by atoms with E-state index < -0.39 is 0 Å². The molecule has 0 atom stereocenters. The zero-order chi connectivity index (χ0) is 14.0. The first-order valence-corrected chi connectivity index (χ1v) is 7.93. The van der Waals surface area contributed by atoms with Crippen molar-refractivity contribution in [3.8, 4) is 0 Å². The Morgan fingerprint density at radius 1 is 1.32 bits per heavy atom. The predicted molar refractivity (Wildman–Crippen MR) is 89.9 cm³/mol. The number of nitrogens with two attached hydrogens (primary N) is 1. The molecule has 0 bridgehead atoms. The lowest BCUT2D eigenvalue weighted by molar-refractivity contribution is 0.325. The van der Waals surface area contributed by atoms with Gasteiger partial charge in [0.05, 0.1) is 0 Å². The van der Waals surface area contributed by atoms with Gasteiger partial charge < -0.3 is 10.6 Å². The van der Waals surface area contributed by atoms with Crippen LogP contribution in [0.15, 0.2) is 22.7 Å². The van der Waals surface area contributed by atoms with Gasteiger partial charge in [-0.3, -0.25) is 0 Å². The lowest BCUT2D eigenvalue weighted by atomic mass is 9.85. The van der Waals surface area contributed by atoms with Gasteiger partial charge in [0.15, 0.2) is 0 Å². The fourth-order valence-corrected chi connectivity index (χ4v) is 3.17. The second kappa shape index (κ2) is 5.80. The molecule has 1 aliphatic heterocycles. The largest absolute Gasteiger partial charge is 0.389 e. The van der Waals surface area contributed by atoms with Crippen LogP contribution in [0.5, 0.6) is 0 Å². The first kappa shape index (κ1) is 14.8. The summed E-state index contributed by atoms with van der Waals surface area (Å²) in [6.07, 6.45) is 3.71. The van der Waals surface area contributed by atoms with E-state index >= 15 is 0 Å². The number of rotatable bonds is 2. The first-order valence-electron chi connectivity index (χ1n) is 6.73. The molecule has 2 rings (SSSR count). The van der Waals surface area contributed by atoms with Crippen molar-refractivity contribution in [2.45, 2.75) is 33.1 Å². The third kappa shape index (κ3) is 3.69. The Hall–Kier alpha value is -0.610. The van der Waals surface area contributed by atoms with Crippen LogP contribution in [0.1, 0.15) is 38.7 Å². The summed E-state index contributed by atoms with van der Waals surface area (Å²) in [4.78, 5) is 2.90. The molecule has 104 valence electrons. The maximum atomic E-state index is 5.87. The van der Waals surface area contributed by atoms with Gasteiger partial charge in [-0.2, -0.15) is 0 Å². The molecular weight excluding hydrogens is 320 g/mol. The number of hydrogen-bond donors (Lipinski definition) is 1. The molecule has 0 saturated carbocycles. The lowest BCUT2D eigenvalue weighted by Crippen LogP contribution is -2.27. The highest BCUT2D eigenvalue weighted by Crippen LogP contribution is 2.33. The van der Waals surface area contributed by atoms with Crippen molar-refractivity contribution in [2.24, 2.45) is 11.1 Å². The highest BCUT2D eigenvalue weighted by molar-refractivity contribution is 9.10. The Morgan fingerprint density at radius 2 is 2.05 bits per heavy atom. The number of benzene rings is 1. The fourth-order valence-electron chi connectivity index (χ4n) is 2.65. The predicted octanol–water partition coefficient (Wildman–Crippen LogP) is 4.10. The third-order valence-corrected chi connectivity index (χ3v) is 4.62. The van der Waals surface area contributed by atoms with Gasteiger partial charge in [0.25, 0.3) is 0 Å². The van der Waals surface area contributed by atoms with E-state index in [0.717, 1.165) is 23.1 Å². The van der Waals surface area contributed by atoms with Crippen molar-refractivity contribution >= 4 is 38.8 Å². The maximum Gasteiger partial charge on any atom is 0.106 e. The molecule has 2 nitrogen and oxygen atoms in total. The third-order valence-electron chi connectivity index (χ3n) is 3.90. The number of nitrogens with zero attached hydrogens (tertiary/aromatic N) is 1. The molecular formula is C15H21BrN2S. The van der Waals surface area contributed by atoms with Crippen LogP contribution in [0.4, 0.5) is 5.69 Å². The van der Waals surface area contributed by atoms with Crippen molar-refractivity contribution in [3.63, 3.8) is 0 Å². The smallest absolute Gasteiger partial charge is 0.106 e. The zero-order valence-corrected chi connectivity index (χ0v) is 14.0. The van der Waals surface area contributed by atoms with Gasteiger partial charge in [-0.05, 0) is 42.9 Å². The summed E-state index contributed by atoms with van der Waals surface area (Å²) in [6.45, 7) is 6.87. The van der Waals surface area contributed by atoms with Crippen molar-refractivity contribution < 1.29 is 0 Å². The highest BCUT2D eigenvalue weighted by Gasteiger charge is 2.24. The molecule has 0 aromatic heterocycles. The van der Waals surface area contributed by atoms with Gasteiger partial charge in [0, 0.05) is 28.8 Å². The molecule has 19 heavy (non-hydrogen) atoms. The molecule has 0 unspecified atom stereocenters. The van der Waals surface area contributed by atoms with Crippen LogP contribution in [-0.2, 0) is 0 Å². The van der Waals surface area contributed by atoms with E-state index in [1.54, 1.807) is 0 Å². The normalized spacial score (nSPS) is 19.0. The Morgan fingerprint density at radius 3 is 2.74 bits per heavy atom. The van der Waals surface area contributed by atoms with Gasteiger partial charge in [-0.1, -0.05) is 42.0 Å². The molecule has 0 spiro atoms. The Bertz CT molecular complexity index is 485. The van der Waals surface area contributed by atoms with Crippen molar-refractivity contribution in [2.75, 3.05) is 18.0 Å². The minimum atomic E-state index is 0.438. The van der Waals surface area contributed by atoms with Crippen LogP contribution in [0, 0.1) is 5.41 Å². The van der Waals surface area contributed by atoms with E-state index in [0.29, 0.717) is 10.4 Å². The van der Waals surface area contributed by atoms with Crippen molar-refractivity contribution in [3.05, 3.63) is 28.2 Å². The van der Waals surface area contributed by atoms with E-state index in [4.69, 9.17) is 18.0 Å². The van der Waals surface area contributed by atoms with Crippen LogP contribution < -0.4 is 10.6 Å². The standard InChI is InChI=1S/C15H21BrN2S/c1-15(2)6-3-8-18(9-7-15)13-5-4-11(16)10-12(13)14(17)19/h4-5,10H,3,6-9H2,1-2H3,(H2,17,19). The number of halogens is 1.